The van der Waals surface area contributed by atoms with Crippen LogP contribution in [-0.2, 0) is 0 Å². The number of hydrogen-bond donors (Lipinski definition) is 0. The Balaban J connectivity index is 2.83. The molecule has 6 heteroatoms. The molecule has 0 aromatic carbocycles. The van der Waals surface area contributed by atoms with E-state index >= 15 is 0 Å². The van der Waals surface area contributed by atoms with Gasteiger partial charge in [-0.3, -0.25) is 4.79 Å². The van der Waals surface area contributed by atoms with Gasteiger partial charge in [0.2, 0.25) is 0 Å². The van der Waals surface area contributed by atoms with Crippen molar-refractivity contribution in [1.82, 2.24) is 15.0 Å². The summed E-state index contributed by atoms with van der Waals surface area (Å²) in [5, 5.41) is 3.88. The van der Waals surface area contributed by atoms with E-state index in [0.29, 0.717) is 5.82 Å². The lowest BCUT2D eigenvalue weighted by Crippen LogP contribution is -2.22. The second kappa shape index (κ2) is 4.45. The van der Waals surface area contributed by atoms with E-state index in [4.69, 9.17) is 4.52 Å². The Labute approximate surface area is 86.9 Å². The van der Waals surface area contributed by atoms with Gasteiger partial charge in [0.05, 0.1) is 5.25 Å². The monoisotopic (exact) mass is 215 g/mol. The van der Waals surface area contributed by atoms with E-state index in [-0.39, 0.29) is 17.0 Å². The summed E-state index contributed by atoms with van der Waals surface area (Å²) in [7, 11) is 3.29. The molecular formula is C8H13N3O2S. The van der Waals surface area contributed by atoms with Crippen LogP contribution in [0.4, 0.5) is 0 Å². The maximum Gasteiger partial charge on any atom is 0.316 e. The number of thioether (sulfide) groups is 1. The summed E-state index contributed by atoms with van der Waals surface area (Å²) in [6.45, 7) is 1.96. The lowest BCUT2D eigenvalue weighted by atomic mass is 10.4. The van der Waals surface area contributed by atoms with Gasteiger partial charge in [-0.2, -0.15) is 16.7 Å². The average Bonchev–Trinajstić information content (AvgIpc) is 2.64. The van der Waals surface area contributed by atoms with Crippen LogP contribution in [0.2, 0.25) is 0 Å². The standard InChI is InChI=1S/C8H13N3O2S/c1-5(14-4)6-9-7(13-10-6)8(12)11(2)3/h5H,1-4H3. The number of hydrogen-bond acceptors (Lipinski definition) is 5. The second-order valence-electron chi connectivity index (χ2n) is 3.04. The highest BCUT2D eigenvalue weighted by molar-refractivity contribution is 7.98. The number of carbonyl (C=O) groups is 1. The number of carbonyl (C=O) groups excluding carboxylic acids is 1. The highest BCUT2D eigenvalue weighted by atomic mass is 32.2. The Morgan fingerprint density at radius 3 is 2.71 bits per heavy atom. The smallest absolute Gasteiger partial charge is 0.316 e. The third kappa shape index (κ3) is 2.25. The van der Waals surface area contributed by atoms with Crippen LogP contribution in [0.5, 0.6) is 0 Å². The number of amides is 1. The molecule has 1 atom stereocenters. The minimum Gasteiger partial charge on any atom is -0.341 e. The van der Waals surface area contributed by atoms with Crippen LogP contribution in [0.15, 0.2) is 4.52 Å². The molecule has 1 unspecified atom stereocenters. The largest absolute Gasteiger partial charge is 0.341 e. The lowest BCUT2D eigenvalue weighted by molar-refractivity contribution is 0.0779. The number of aromatic nitrogens is 2. The molecule has 0 aliphatic heterocycles. The summed E-state index contributed by atoms with van der Waals surface area (Å²) < 4.78 is 4.85. The molecule has 5 nitrogen and oxygen atoms in total. The Morgan fingerprint density at radius 2 is 2.21 bits per heavy atom. The van der Waals surface area contributed by atoms with E-state index in [2.05, 4.69) is 10.1 Å². The van der Waals surface area contributed by atoms with Crippen LogP contribution in [0.25, 0.3) is 0 Å². The van der Waals surface area contributed by atoms with Crippen molar-refractivity contribution in [3.63, 3.8) is 0 Å². The van der Waals surface area contributed by atoms with Gasteiger partial charge in [-0.05, 0) is 13.2 Å². The Hall–Kier alpha value is -1.04. The van der Waals surface area contributed by atoms with Crippen LogP contribution in [0.1, 0.15) is 28.7 Å². The Morgan fingerprint density at radius 1 is 1.57 bits per heavy atom. The van der Waals surface area contributed by atoms with Gasteiger partial charge in [-0.25, -0.2) is 0 Å². The molecule has 0 spiro atoms. The van der Waals surface area contributed by atoms with Gasteiger partial charge in [0, 0.05) is 14.1 Å². The van der Waals surface area contributed by atoms with Crippen LogP contribution in [-0.4, -0.2) is 41.3 Å². The molecule has 1 amide bonds. The molecule has 14 heavy (non-hydrogen) atoms. The summed E-state index contributed by atoms with van der Waals surface area (Å²) in [5.74, 6) is 0.339. The van der Waals surface area contributed by atoms with E-state index in [1.54, 1.807) is 25.9 Å². The Bertz CT molecular complexity index is 324. The first-order valence-electron chi connectivity index (χ1n) is 4.14. The molecular weight excluding hydrogens is 202 g/mol. The molecule has 0 aliphatic rings. The van der Waals surface area contributed by atoms with Crippen LogP contribution >= 0.6 is 11.8 Å². The van der Waals surface area contributed by atoms with Gasteiger partial charge in [-0.1, -0.05) is 5.16 Å². The number of nitrogens with zero attached hydrogens (tertiary/aromatic N) is 3. The molecule has 0 N–H and O–H groups in total. The van der Waals surface area contributed by atoms with Gasteiger partial charge < -0.3 is 9.42 Å². The first-order valence-corrected chi connectivity index (χ1v) is 5.43. The second-order valence-corrected chi connectivity index (χ2v) is 4.21. The Kier molecular flexibility index (Phi) is 3.51. The fourth-order valence-corrected chi connectivity index (χ4v) is 1.09. The third-order valence-corrected chi connectivity index (χ3v) is 2.67. The minimum atomic E-state index is -0.267. The summed E-state index contributed by atoms with van der Waals surface area (Å²) in [6.07, 6.45) is 1.95. The molecule has 0 saturated carbocycles. The molecule has 0 bridgehead atoms. The predicted molar refractivity (Wildman–Crippen MR) is 54.2 cm³/mol. The van der Waals surface area contributed by atoms with Crippen molar-refractivity contribution in [3.05, 3.63) is 11.7 Å². The molecule has 0 saturated heterocycles. The maximum atomic E-state index is 11.4. The third-order valence-electron chi connectivity index (χ3n) is 1.75. The fraction of sp³-hybridized carbons (Fsp3) is 0.625. The zero-order valence-corrected chi connectivity index (χ0v) is 9.46. The highest BCUT2D eigenvalue weighted by Crippen LogP contribution is 2.22. The van der Waals surface area contributed by atoms with E-state index in [0.717, 1.165) is 0 Å². The molecule has 0 aliphatic carbocycles. The molecule has 1 aromatic rings. The summed E-state index contributed by atoms with van der Waals surface area (Å²) in [5.41, 5.74) is 0. The van der Waals surface area contributed by atoms with Gasteiger partial charge in [-0.15, -0.1) is 0 Å². The first-order chi connectivity index (χ1) is 6.56. The molecule has 0 fully saturated rings. The molecule has 0 radical (unpaired) electrons. The summed E-state index contributed by atoms with van der Waals surface area (Å²) in [4.78, 5) is 16.8. The fourth-order valence-electron chi connectivity index (χ4n) is 0.784. The van der Waals surface area contributed by atoms with E-state index < -0.39 is 0 Å². The van der Waals surface area contributed by atoms with Crippen molar-refractivity contribution in [2.24, 2.45) is 0 Å². The van der Waals surface area contributed by atoms with Gasteiger partial charge in [0.1, 0.15) is 0 Å². The van der Waals surface area contributed by atoms with Crippen molar-refractivity contribution in [2.75, 3.05) is 20.4 Å². The zero-order chi connectivity index (χ0) is 10.7. The van der Waals surface area contributed by atoms with E-state index in [1.165, 1.54) is 4.90 Å². The molecule has 1 heterocycles. The quantitative estimate of drug-likeness (QED) is 0.758. The normalized spacial score (nSPS) is 12.6. The molecule has 78 valence electrons. The van der Waals surface area contributed by atoms with E-state index in [1.807, 2.05) is 13.2 Å². The summed E-state index contributed by atoms with van der Waals surface area (Å²) in [6, 6.07) is 0. The molecule has 1 aromatic heterocycles. The van der Waals surface area contributed by atoms with Gasteiger partial charge in [0.25, 0.3) is 0 Å². The van der Waals surface area contributed by atoms with Crippen molar-refractivity contribution in [3.8, 4) is 0 Å². The average molecular weight is 215 g/mol. The minimum absolute atomic E-state index is 0.0471. The predicted octanol–water partition coefficient (Wildman–Crippen LogP) is 1.20. The van der Waals surface area contributed by atoms with Crippen molar-refractivity contribution < 1.29 is 9.32 Å². The SMILES string of the molecule is CSC(C)c1noc(C(=O)N(C)C)n1. The lowest BCUT2D eigenvalue weighted by Gasteiger charge is -2.04. The van der Waals surface area contributed by atoms with Gasteiger partial charge >= 0.3 is 11.8 Å². The van der Waals surface area contributed by atoms with Crippen molar-refractivity contribution in [1.29, 1.82) is 0 Å². The first kappa shape index (κ1) is 11.0. The van der Waals surface area contributed by atoms with Crippen molar-refractivity contribution >= 4 is 17.7 Å². The molecule has 1 rings (SSSR count). The van der Waals surface area contributed by atoms with Crippen LogP contribution < -0.4 is 0 Å². The summed E-state index contributed by atoms with van der Waals surface area (Å²) >= 11 is 1.60. The van der Waals surface area contributed by atoms with Crippen LogP contribution in [0.3, 0.4) is 0 Å². The van der Waals surface area contributed by atoms with Gasteiger partial charge in [0.15, 0.2) is 5.82 Å². The zero-order valence-electron chi connectivity index (χ0n) is 8.64. The topological polar surface area (TPSA) is 59.2 Å². The maximum absolute atomic E-state index is 11.4. The highest BCUT2D eigenvalue weighted by Gasteiger charge is 2.19. The van der Waals surface area contributed by atoms with E-state index in [9.17, 15) is 4.79 Å². The number of rotatable bonds is 3. The van der Waals surface area contributed by atoms with Crippen molar-refractivity contribution in [2.45, 2.75) is 12.2 Å². The van der Waals surface area contributed by atoms with Crippen LogP contribution in [0, 0.1) is 0 Å².